The molecule has 0 aromatic heterocycles. The maximum atomic E-state index is 15.1. The number of ether oxygens (including phenoxy) is 2. The number of carbonyl (C=O) groups excluding carboxylic acids is 1. The van der Waals surface area contributed by atoms with E-state index in [1.54, 1.807) is 31.3 Å². The van der Waals surface area contributed by atoms with Gasteiger partial charge in [0.15, 0.2) is 0 Å². The number of benzene rings is 1. The molecule has 1 heterocycles. The highest BCUT2D eigenvalue weighted by Gasteiger charge is 2.43. The van der Waals surface area contributed by atoms with E-state index in [9.17, 15) is 9.90 Å². The summed E-state index contributed by atoms with van der Waals surface area (Å²) in [7, 11) is 3.29. The summed E-state index contributed by atoms with van der Waals surface area (Å²) >= 11 is 6.07. The zero-order valence-electron chi connectivity index (χ0n) is 21.6. The molecule has 1 aromatic rings. The Bertz CT molecular complexity index is 813. The molecule has 2 rings (SSSR count). The number of piperidine rings is 1. The van der Waals surface area contributed by atoms with Crippen molar-refractivity contribution in [1.29, 1.82) is 0 Å². The number of hydrogen-bond acceptors (Lipinski definition) is 5. The zero-order chi connectivity index (χ0) is 26.1. The van der Waals surface area contributed by atoms with Crippen LogP contribution in [0.3, 0.4) is 0 Å². The summed E-state index contributed by atoms with van der Waals surface area (Å²) in [5.74, 6) is -0.938. The van der Waals surface area contributed by atoms with Gasteiger partial charge in [-0.15, -0.1) is 0 Å². The van der Waals surface area contributed by atoms with Gasteiger partial charge in [-0.2, -0.15) is 0 Å². The van der Waals surface area contributed by atoms with Crippen molar-refractivity contribution in [3.63, 3.8) is 0 Å². The SMILES string of the molecule is COCCCC[C@@](O)(c1cccc(Cl)c1F)[C@@H]1CCCN(C(=O)N[C@H](CN)CC(C)(C)COC)C1. The summed E-state index contributed by atoms with van der Waals surface area (Å²) in [6, 6.07) is 4.31. The van der Waals surface area contributed by atoms with Gasteiger partial charge in [-0.3, -0.25) is 0 Å². The van der Waals surface area contributed by atoms with Crippen LogP contribution in [0, 0.1) is 17.2 Å². The molecule has 0 spiro atoms. The number of aliphatic hydroxyl groups is 1. The molecule has 0 radical (unpaired) electrons. The van der Waals surface area contributed by atoms with Crippen LogP contribution in [0.15, 0.2) is 18.2 Å². The number of nitrogens with one attached hydrogen (secondary N) is 1. The number of rotatable bonds is 13. The summed E-state index contributed by atoms with van der Waals surface area (Å²) in [5.41, 5.74) is 4.56. The number of urea groups is 1. The Balaban J connectivity index is 2.19. The van der Waals surface area contributed by atoms with Crippen molar-refractivity contribution in [2.24, 2.45) is 17.1 Å². The number of unbranched alkanes of at least 4 members (excludes halogenated alkanes) is 1. The van der Waals surface area contributed by atoms with E-state index in [1.165, 1.54) is 6.07 Å². The van der Waals surface area contributed by atoms with Gasteiger partial charge in [-0.1, -0.05) is 37.6 Å². The predicted octanol–water partition coefficient (Wildman–Crippen LogP) is 4.30. The van der Waals surface area contributed by atoms with Crippen molar-refractivity contribution in [2.75, 3.05) is 47.1 Å². The summed E-state index contributed by atoms with van der Waals surface area (Å²) in [5, 5.41) is 15.0. The molecular formula is C26H43ClFN3O4. The minimum Gasteiger partial charge on any atom is -0.385 e. The quantitative estimate of drug-likeness (QED) is 0.340. The van der Waals surface area contributed by atoms with Gasteiger partial charge >= 0.3 is 6.03 Å². The van der Waals surface area contributed by atoms with Crippen LogP contribution in [-0.4, -0.2) is 69.1 Å². The standard InChI is InChI=1S/C26H43ClFN3O4/c1-25(2,18-35-4)15-20(16-29)30-24(32)31-13-8-9-19(17-31)26(33,12-5-6-14-34-3)21-10-7-11-22(27)23(21)28/h7,10-11,19-20,33H,5-6,8-9,12-18,29H2,1-4H3,(H,30,32)/t19-,20+,26+/m1/s1. The number of nitrogens with two attached hydrogens (primary N) is 1. The molecule has 3 atom stereocenters. The Labute approximate surface area is 214 Å². The van der Waals surface area contributed by atoms with E-state index in [0.29, 0.717) is 65.0 Å². The fraction of sp³-hybridized carbons (Fsp3) is 0.731. The Hall–Kier alpha value is -1.45. The number of hydrogen-bond donors (Lipinski definition) is 3. The van der Waals surface area contributed by atoms with E-state index >= 15 is 4.39 Å². The Morgan fingerprint density at radius 1 is 1.34 bits per heavy atom. The first-order valence-corrected chi connectivity index (χ1v) is 12.9. The van der Waals surface area contributed by atoms with Crippen molar-refractivity contribution in [3.8, 4) is 0 Å². The number of halogens is 2. The molecule has 9 heteroatoms. The number of amides is 2. The van der Waals surface area contributed by atoms with Gasteiger partial charge in [0.25, 0.3) is 0 Å². The van der Waals surface area contributed by atoms with Gasteiger partial charge in [0.05, 0.1) is 17.2 Å². The summed E-state index contributed by atoms with van der Waals surface area (Å²) in [6.07, 6.45) is 3.82. The van der Waals surface area contributed by atoms with E-state index in [1.807, 2.05) is 0 Å². The van der Waals surface area contributed by atoms with Crippen molar-refractivity contribution >= 4 is 17.6 Å². The maximum absolute atomic E-state index is 15.1. The molecule has 4 N–H and O–H groups in total. The van der Waals surface area contributed by atoms with Crippen LogP contribution in [0.25, 0.3) is 0 Å². The Kier molecular flexibility index (Phi) is 11.7. The molecule has 0 bridgehead atoms. The van der Waals surface area contributed by atoms with Crippen molar-refractivity contribution in [2.45, 2.75) is 64.0 Å². The molecule has 1 saturated heterocycles. The largest absolute Gasteiger partial charge is 0.385 e. The van der Waals surface area contributed by atoms with Crippen LogP contribution in [0.4, 0.5) is 9.18 Å². The number of methoxy groups -OCH3 is 2. The van der Waals surface area contributed by atoms with E-state index in [-0.39, 0.29) is 34.0 Å². The first kappa shape index (κ1) is 29.8. The van der Waals surface area contributed by atoms with E-state index in [4.69, 9.17) is 26.8 Å². The molecule has 200 valence electrons. The molecule has 1 aromatic carbocycles. The average molecular weight is 516 g/mol. The van der Waals surface area contributed by atoms with E-state index in [2.05, 4.69) is 19.2 Å². The molecule has 1 fully saturated rings. The second kappa shape index (κ2) is 13.7. The Morgan fingerprint density at radius 3 is 2.74 bits per heavy atom. The highest BCUT2D eigenvalue weighted by atomic mass is 35.5. The fourth-order valence-corrected chi connectivity index (χ4v) is 5.34. The molecule has 1 aliphatic heterocycles. The first-order valence-electron chi connectivity index (χ1n) is 12.5. The summed E-state index contributed by atoms with van der Waals surface area (Å²) in [4.78, 5) is 14.9. The van der Waals surface area contributed by atoms with E-state index in [0.717, 1.165) is 6.42 Å². The van der Waals surface area contributed by atoms with Gasteiger partial charge in [-0.25, -0.2) is 9.18 Å². The van der Waals surface area contributed by atoms with Crippen LogP contribution in [0.2, 0.25) is 5.02 Å². The lowest BCUT2D eigenvalue weighted by Gasteiger charge is -2.43. The highest BCUT2D eigenvalue weighted by Crippen LogP contribution is 2.42. The molecule has 1 aliphatic rings. The average Bonchev–Trinajstić information content (AvgIpc) is 2.82. The third-order valence-corrected chi connectivity index (χ3v) is 7.20. The Morgan fingerprint density at radius 2 is 2.09 bits per heavy atom. The molecule has 0 aliphatic carbocycles. The molecule has 2 amide bonds. The van der Waals surface area contributed by atoms with Crippen LogP contribution in [0.1, 0.15) is 57.9 Å². The molecular weight excluding hydrogens is 473 g/mol. The summed E-state index contributed by atoms with van der Waals surface area (Å²) < 4.78 is 25.5. The van der Waals surface area contributed by atoms with Crippen LogP contribution in [-0.2, 0) is 15.1 Å². The van der Waals surface area contributed by atoms with Crippen molar-refractivity contribution in [1.82, 2.24) is 10.2 Å². The third kappa shape index (κ3) is 8.29. The lowest BCUT2D eigenvalue weighted by molar-refractivity contribution is -0.0588. The van der Waals surface area contributed by atoms with Gasteiger partial charge in [-0.05, 0) is 50.0 Å². The van der Waals surface area contributed by atoms with E-state index < -0.39 is 11.4 Å². The fourth-order valence-electron chi connectivity index (χ4n) is 5.17. The minimum atomic E-state index is -1.45. The van der Waals surface area contributed by atoms with Gasteiger partial charge in [0, 0.05) is 58.0 Å². The minimum absolute atomic E-state index is 0.0207. The van der Waals surface area contributed by atoms with Crippen molar-refractivity contribution < 1.29 is 23.8 Å². The summed E-state index contributed by atoms with van der Waals surface area (Å²) in [6.45, 7) is 6.47. The van der Waals surface area contributed by atoms with Gasteiger partial charge in [0.2, 0.25) is 0 Å². The second-order valence-corrected chi connectivity index (χ2v) is 10.9. The van der Waals surface area contributed by atoms with Crippen LogP contribution in [0.5, 0.6) is 0 Å². The number of nitrogens with zero attached hydrogens (tertiary/aromatic N) is 1. The van der Waals surface area contributed by atoms with Crippen LogP contribution >= 0.6 is 11.6 Å². The molecule has 35 heavy (non-hydrogen) atoms. The lowest BCUT2D eigenvalue weighted by Crippen LogP contribution is -2.54. The smallest absolute Gasteiger partial charge is 0.317 e. The highest BCUT2D eigenvalue weighted by molar-refractivity contribution is 6.30. The lowest BCUT2D eigenvalue weighted by atomic mass is 9.74. The number of likely N-dealkylation sites (tertiary alicyclic amines) is 1. The maximum Gasteiger partial charge on any atom is 0.317 e. The van der Waals surface area contributed by atoms with Crippen LogP contribution < -0.4 is 11.1 Å². The molecule has 7 nitrogen and oxygen atoms in total. The second-order valence-electron chi connectivity index (χ2n) is 10.4. The first-order chi connectivity index (χ1) is 16.6. The topological polar surface area (TPSA) is 97.1 Å². The number of carbonyl (C=O) groups is 1. The molecule has 0 unspecified atom stereocenters. The van der Waals surface area contributed by atoms with Gasteiger partial charge < -0.3 is 30.5 Å². The normalized spacial score (nSPS) is 19.3. The zero-order valence-corrected chi connectivity index (χ0v) is 22.4. The van der Waals surface area contributed by atoms with Gasteiger partial charge in [0.1, 0.15) is 5.82 Å². The monoisotopic (exact) mass is 515 g/mol. The predicted molar refractivity (Wildman–Crippen MR) is 137 cm³/mol. The van der Waals surface area contributed by atoms with Crippen molar-refractivity contribution in [3.05, 3.63) is 34.6 Å². The third-order valence-electron chi connectivity index (χ3n) is 6.90. The molecule has 0 saturated carbocycles.